The summed E-state index contributed by atoms with van der Waals surface area (Å²) in [7, 11) is 0. The van der Waals surface area contributed by atoms with Gasteiger partial charge < -0.3 is 0 Å². The molecule has 3 heteroatoms. The van der Waals surface area contributed by atoms with Gasteiger partial charge in [0, 0.05) is 17.0 Å². The lowest BCUT2D eigenvalue weighted by Gasteiger charge is -2.17. The van der Waals surface area contributed by atoms with Gasteiger partial charge in [-0.15, -0.1) is 0 Å². The van der Waals surface area contributed by atoms with Gasteiger partial charge in [-0.1, -0.05) is 62.7 Å². The van der Waals surface area contributed by atoms with Crippen LogP contribution in [0, 0.1) is 0 Å². The van der Waals surface area contributed by atoms with Crippen molar-refractivity contribution in [3.8, 4) is 11.3 Å². The lowest BCUT2D eigenvalue weighted by Crippen LogP contribution is -2.16. The maximum atomic E-state index is 6.05. The zero-order chi connectivity index (χ0) is 12.5. The van der Waals surface area contributed by atoms with Crippen molar-refractivity contribution in [1.82, 2.24) is 9.97 Å². The average Bonchev–Trinajstić information content (AvgIpc) is 2.28. The van der Waals surface area contributed by atoms with Gasteiger partial charge in [0.1, 0.15) is 11.0 Å². The highest BCUT2D eigenvalue weighted by atomic mass is 35.5. The molecule has 0 fully saturated rings. The number of hydrogen-bond donors (Lipinski definition) is 0. The van der Waals surface area contributed by atoms with E-state index < -0.39 is 0 Å². The van der Waals surface area contributed by atoms with E-state index >= 15 is 0 Å². The van der Waals surface area contributed by atoms with E-state index in [0.29, 0.717) is 5.15 Å². The van der Waals surface area contributed by atoms with E-state index in [9.17, 15) is 0 Å². The average molecular weight is 247 g/mol. The van der Waals surface area contributed by atoms with Crippen LogP contribution in [0.25, 0.3) is 11.3 Å². The van der Waals surface area contributed by atoms with Crippen LogP contribution in [0.15, 0.2) is 36.4 Å². The first-order valence-electron chi connectivity index (χ1n) is 5.57. The van der Waals surface area contributed by atoms with Gasteiger partial charge in [0.2, 0.25) is 0 Å². The SMILES string of the molecule is CC(C)(C)c1nc(Cl)cc(-c2ccccc2)n1. The van der Waals surface area contributed by atoms with E-state index in [2.05, 4.69) is 30.7 Å². The third-order valence-corrected chi connectivity index (χ3v) is 2.63. The summed E-state index contributed by atoms with van der Waals surface area (Å²) in [4.78, 5) is 8.86. The van der Waals surface area contributed by atoms with Crippen molar-refractivity contribution in [2.75, 3.05) is 0 Å². The highest BCUT2D eigenvalue weighted by Crippen LogP contribution is 2.25. The van der Waals surface area contributed by atoms with Gasteiger partial charge in [0.25, 0.3) is 0 Å². The second kappa shape index (κ2) is 4.46. The lowest BCUT2D eigenvalue weighted by molar-refractivity contribution is 0.546. The third kappa shape index (κ3) is 2.83. The van der Waals surface area contributed by atoms with Crippen molar-refractivity contribution in [3.05, 3.63) is 47.4 Å². The van der Waals surface area contributed by atoms with Gasteiger partial charge in [-0.3, -0.25) is 0 Å². The molecule has 0 spiro atoms. The molecule has 0 saturated carbocycles. The lowest BCUT2D eigenvalue weighted by atomic mass is 9.95. The fraction of sp³-hybridized carbons (Fsp3) is 0.286. The Kier molecular flexibility index (Phi) is 3.16. The second-order valence-electron chi connectivity index (χ2n) is 5.02. The topological polar surface area (TPSA) is 25.8 Å². The van der Waals surface area contributed by atoms with E-state index in [4.69, 9.17) is 11.6 Å². The number of benzene rings is 1. The first kappa shape index (κ1) is 12.1. The summed E-state index contributed by atoms with van der Waals surface area (Å²) in [6, 6.07) is 11.8. The summed E-state index contributed by atoms with van der Waals surface area (Å²) >= 11 is 6.05. The Labute approximate surface area is 107 Å². The maximum Gasteiger partial charge on any atom is 0.136 e. The Bertz CT molecular complexity index is 515. The highest BCUT2D eigenvalue weighted by Gasteiger charge is 2.19. The molecule has 0 atom stereocenters. The molecule has 2 rings (SSSR count). The standard InChI is InChI=1S/C14H15ClN2/c1-14(2,3)13-16-11(9-12(15)17-13)10-7-5-4-6-8-10/h4-9H,1-3H3. The molecule has 0 unspecified atom stereocenters. The minimum atomic E-state index is -0.103. The molecular formula is C14H15ClN2. The first-order valence-corrected chi connectivity index (χ1v) is 5.95. The van der Waals surface area contributed by atoms with Gasteiger partial charge in [0.05, 0.1) is 5.69 Å². The normalized spacial score (nSPS) is 11.5. The van der Waals surface area contributed by atoms with Gasteiger partial charge in [-0.05, 0) is 0 Å². The van der Waals surface area contributed by atoms with Crippen molar-refractivity contribution < 1.29 is 0 Å². The monoisotopic (exact) mass is 246 g/mol. The minimum Gasteiger partial charge on any atom is -0.232 e. The fourth-order valence-corrected chi connectivity index (χ4v) is 1.69. The Morgan fingerprint density at radius 1 is 1.00 bits per heavy atom. The van der Waals surface area contributed by atoms with E-state index in [-0.39, 0.29) is 5.41 Å². The molecule has 0 saturated heterocycles. The van der Waals surface area contributed by atoms with E-state index in [1.54, 1.807) is 6.07 Å². The third-order valence-electron chi connectivity index (χ3n) is 2.44. The van der Waals surface area contributed by atoms with E-state index in [1.165, 1.54) is 0 Å². The van der Waals surface area contributed by atoms with Crippen LogP contribution in [0.2, 0.25) is 5.15 Å². The molecule has 0 amide bonds. The molecule has 0 aliphatic rings. The van der Waals surface area contributed by atoms with Crippen molar-refractivity contribution >= 4 is 11.6 Å². The van der Waals surface area contributed by atoms with Crippen LogP contribution < -0.4 is 0 Å². The smallest absolute Gasteiger partial charge is 0.136 e. The summed E-state index contributed by atoms with van der Waals surface area (Å²) in [6.07, 6.45) is 0. The number of aromatic nitrogens is 2. The predicted molar refractivity (Wildman–Crippen MR) is 71.2 cm³/mol. The highest BCUT2D eigenvalue weighted by molar-refractivity contribution is 6.29. The Hall–Kier alpha value is -1.41. The van der Waals surface area contributed by atoms with Crippen LogP contribution in [0.5, 0.6) is 0 Å². The van der Waals surface area contributed by atoms with Crippen molar-refractivity contribution in [1.29, 1.82) is 0 Å². The van der Waals surface area contributed by atoms with Crippen molar-refractivity contribution in [3.63, 3.8) is 0 Å². The quantitative estimate of drug-likeness (QED) is 0.708. The summed E-state index contributed by atoms with van der Waals surface area (Å²) < 4.78 is 0. The molecule has 17 heavy (non-hydrogen) atoms. The Morgan fingerprint density at radius 3 is 2.24 bits per heavy atom. The zero-order valence-electron chi connectivity index (χ0n) is 10.2. The molecule has 0 radical (unpaired) electrons. The first-order chi connectivity index (χ1) is 7.97. The minimum absolute atomic E-state index is 0.103. The van der Waals surface area contributed by atoms with Crippen LogP contribution in [0.4, 0.5) is 0 Å². The molecule has 2 aromatic rings. The molecule has 2 nitrogen and oxygen atoms in total. The van der Waals surface area contributed by atoms with Crippen molar-refractivity contribution in [2.45, 2.75) is 26.2 Å². The maximum absolute atomic E-state index is 6.05. The summed E-state index contributed by atoms with van der Waals surface area (Å²) in [5.41, 5.74) is 1.83. The van der Waals surface area contributed by atoms with Crippen LogP contribution in [-0.4, -0.2) is 9.97 Å². The van der Waals surface area contributed by atoms with Crippen LogP contribution in [0.3, 0.4) is 0 Å². The van der Waals surface area contributed by atoms with Gasteiger partial charge in [-0.2, -0.15) is 0 Å². The molecular weight excluding hydrogens is 232 g/mol. The molecule has 0 aliphatic heterocycles. The Morgan fingerprint density at radius 2 is 1.65 bits per heavy atom. The molecule has 1 aromatic carbocycles. The van der Waals surface area contributed by atoms with Crippen molar-refractivity contribution in [2.24, 2.45) is 0 Å². The van der Waals surface area contributed by atoms with Gasteiger partial charge in [0.15, 0.2) is 0 Å². The predicted octanol–water partition coefficient (Wildman–Crippen LogP) is 4.09. The van der Waals surface area contributed by atoms with E-state index in [0.717, 1.165) is 17.1 Å². The second-order valence-corrected chi connectivity index (χ2v) is 5.40. The number of halogens is 1. The van der Waals surface area contributed by atoms with Crippen LogP contribution in [0.1, 0.15) is 26.6 Å². The van der Waals surface area contributed by atoms with Gasteiger partial charge >= 0.3 is 0 Å². The van der Waals surface area contributed by atoms with E-state index in [1.807, 2.05) is 30.3 Å². The summed E-state index contributed by atoms with van der Waals surface area (Å²) in [6.45, 7) is 6.23. The zero-order valence-corrected chi connectivity index (χ0v) is 11.0. The molecule has 0 aliphatic carbocycles. The number of hydrogen-bond acceptors (Lipinski definition) is 2. The molecule has 1 heterocycles. The Balaban J connectivity index is 2.54. The summed E-state index contributed by atoms with van der Waals surface area (Å²) in [5, 5.41) is 0.490. The summed E-state index contributed by atoms with van der Waals surface area (Å²) in [5.74, 6) is 0.767. The van der Waals surface area contributed by atoms with Gasteiger partial charge in [-0.25, -0.2) is 9.97 Å². The number of nitrogens with zero attached hydrogens (tertiary/aromatic N) is 2. The largest absolute Gasteiger partial charge is 0.232 e. The fourth-order valence-electron chi connectivity index (χ4n) is 1.51. The molecule has 0 N–H and O–H groups in total. The molecule has 88 valence electrons. The van der Waals surface area contributed by atoms with Crippen LogP contribution in [-0.2, 0) is 5.41 Å². The molecule has 1 aromatic heterocycles. The van der Waals surface area contributed by atoms with Crippen LogP contribution >= 0.6 is 11.6 Å². The molecule has 0 bridgehead atoms. The number of rotatable bonds is 1.